The molecule has 2 amide bonds. The third-order valence-electron chi connectivity index (χ3n) is 9.77. The molecule has 2 N–H and O–H groups in total. The van der Waals surface area contributed by atoms with Crippen molar-refractivity contribution in [3.63, 3.8) is 0 Å². The minimum atomic E-state index is -1.81. The molecule has 0 saturated carbocycles. The Morgan fingerprint density at radius 3 is 2.27 bits per heavy atom. The molecule has 2 aromatic carbocycles. The quantitative estimate of drug-likeness (QED) is 0.134. The van der Waals surface area contributed by atoms with Gasteiger partial charge in [0, 0.05) is 61.8 Å². The predicted octanol–water partition coefficient (Wildman–Crippen LogP) is 3.33. The van der Waals surface area contributed by atoms with Gasteiger partial charge < -0.3 is 48.7 Å². The summed E-state index contributed by atoms with van der Waals surface area (Å²) in [7, 11) is 7.63. The fourth-order valence-corrected chi connectivity index (χ4v) is 7.50. The monoisotopic (exact) mass is 769 g/mol. The lowest BCUT2D eigenvalue weighted by Crippen LogP contribution is -2.47. The van der Waals surface area contributed by atoms with Crippen LogP contribution in [0.5, 0.6) is 23.0 Å². The van der Waals surface area contributed by atoms with Crippen molar-refractivity contribution >= 4 is 67.7 Å². The number of anilines is 2. The number of rotatable bonds is 10. The van der Waals surface area contributed by atoms with Crippen LogP contribution in [0.25, 0.3) is 10.9 Å². The smallest absolute Gasteiger partial charge is 0.339 e. The number of fused-ring (bicyclic) bond motifs is 4. The molecule has 2 atom stereocenters. The molecular formula is C35H40BrN5O10. The number of nitrogens with zero attached hydrogens (tertiary/aromatic N) is 3. The van der Waals surface area contributed by atoms with Crippen LogP contribution in [0.2, 0.25) is 0 Å². The Morgan fingerprint density at radius 2 is 1.65 bits per heavy atom. The van der Waals surface area contributed by atoms with Crippen molar-refractivity contribution in [3.05, 3.63) is 35.0 Å². The molecule has 4 heterocycles. The number of piperazine rings is 1. The van der Waals surface area contributed by atoms with Crippen LogP contribution in [0.3, 0.4) is 0 Å². The van der Waals surface area contributed by atoms with E-state index < -0.39 is 29.2 Å². The van der Waals surface area contributed by atoms with Crippen LogP contribution in [-0.2, 0) is 19.1 Å². The van der Waals surface area contributed by atoms with Crippen LogP contribution < -0.4 is 29.2 Å². The van der Waals surface area contributed by atoms with Crippen LogP contribution in [0.1, 0.15) is 52.1 Å². The SMILES string of the molecule is COC(=O)[C@]1(C)Nc2c(OC(=O)CCC(=O)N3CCN(C)CC3)cc3c(c2C1=O)[C@H](CBr)CN3C(=O)c1cc2cc(OC)c(OC)c(OC)c2[nH]1. The molecule has 1 fully saturated rings. The fraction of sp³-hybridized carbons (Fsp3) is 0.457. The molecule has 0 aliphatic carbocycles. The average Bonchev–Trinajstić information content (AvgIpc) is 3.81. The van der Waals surface area contributed by atoms with Crippen molar-refractivity contribution in [2.45, 2.75) is 31.2 Å². The molecule has 3 aliphatic rings. The standard InChI is InChI=1S/C35H40BrN5O10/c1-35(34(46)50-6)32(44)27-26-19(16-36)17-41(33(45)20-13-18-14-23(47-3)30(48-4)31(49-5)28(18)37-20)21(26)15-22(29(27)38-35)51-25(43)8-7-24(42)40-11-9-39(2)10-12-40/h13-15,19,37-38H,7-12,16-17H2,1-6H3/t19-,35-/m1/s1. The van der Waals surface area contributed by atoms with Gasteiger partial charge in [-0.3, -0.25) is 19.2 Å². The molecule has 51 heavy (non-hydrogen) atoms. The van der Waals surface area contributed by atoms with E-state index in [1.807, 2.05) is 7.05 Å². The topological polar surface area (TPSA) is 169 Å². The number of Topliss-reactive ketones (excluding diaryl/α,β-unsaturated/α-hetero) is 1. The first-order chi connectivity index (χ1) is 24.4. The molecule has 3 aromatic rings. The minimum Gasteiger partial charge on any atom is -0.493 e. The van der Waals surface area contributed by atoms with E-state index in [-0.39, 0.29) is 53.9 Å². The normalized spacial score (nSPS) is 19.7. The first kappa shape index (κ1) is 36.0. The Balaban J connectivity index is 1.38. The van der Waals surface area contributed by atoms with Gasteiger partial charge in [0.25, 0.3) is 5.91 Å². The molecule has 0 unspecified atom stereocenters. The zero-order chi connectivity index (χ0) is 36.8. The summed E-state index contributed by atoms with van der Waals surface area (Å²) >= 11 is 3.55. The number of carbonyl (C=O) groups is 5. The Bertz CT molecular complexity index is 1940. The van der Waals surface area contributed by atoms with Crippen molar-refractivity contribution in [1.82, 2.24) is 14.8 Å². The third-order valence-corrected chi connectivity index (χ3v) is 10.5. The molecule has 3 aliphatic heterocycles. The predicted molar refractivity (Wildman–Crippen MR) is 190 cm³/mol. The largest absolute Gasteiger partial charge is 0.493 e. The second kappa shape index (κ2) is 14.1. The fourth-order valence-electron chi connectivity index (χ4n) is 6.97. The molecule has 16 heteroatoms. The van der Waals surface area contributed by atoms with Crippen LogP contribution in [0, 0.1) is 0 Å². The van der Waals surface area contributed by atoms with E-state index in [2.05, 4.69) is 31.1 Å². The maximum absolute atomic E-state index is 14.3. The van der Waals surface area contributed by atoms with Crippen molar-refractivity contribution in [2.24, 2.45) is 0 Å². The number of nitrogens with one attached hydrogen (secondary N) is 2. The number of ether oxygens (including phenoxy) is 5. The number of amides is 2. The van der Waals surface area contributed by atoms with Gasteiger partial charge in [0.15, 0.2) is 22.8 Å². The van der Waals surface area contributed by atoms with E-state index in [0.717, 1.165) is 13.1 Å². The number of methoxy groups -OCH3 is 4. The Kier molecular flexibility index (Phi) is 9.92. The van der Waals surface area contributed by atoms with E-state index in [1.54, 1.807) is 17.0 Å². The average molecular weight is 771 g/mol. The summed E-state index contributed by atoms with van der Waals surface area (Å²) in [5.74, 6) is -2.01. The molecule has 6 rings (SSSR count). The number of alkyl halides is 1. The van der Waals surface area contributed by atoms with Gasteiger partial charge in [-0.05, 0) is 31.7 Å². The van der Waals surface area contributed by atoms with Crippen molar-refractivity contribution < 1.29 is 47.7 Å². The van der Waals surface area contributed by atoms with E-state index in [9.17, 15) is 24.0 Å². The summed E-state index contributed by atoms with van der Waals surface area (Å²) in [5.41, 5.74) is 0.0321. The zero-order valence-corrected chi connectivity index (χ0v) is 30.9. The van der Waals surface area contributed by atoms with E-state index in [0.29, 0.717) is 57.8 Å². The number of hydrogen-bond donors (Lipinski definition) is 2. The highest BCUT2D eigenvalue weighted by molar-refractivity contribution is 9.09. The summed E-state index contributed by atoms with van der Waals surface area (Å²) in [5, 5.41) is 3.97. The summed E-state index contributed by atoms with van der Waals surface area (Å²) in [6.07, 6.45) is -0.270. The van der Waals surface area contributed by atoms with Gasteiger partial charge in [0.05, 0.1) is 57.3 Å². The van der Waals surface area contributed by atoms with E-state index in [4.69, 9.17) is 23.7 Å². The van der Waals surface area contributed by atoms with Gasteiger partial charge in [0.2, 0.25) is 17.4 Å². The Morgan fingerprint density at radius 1 is 0.941 bits per heavy atom. The third kappa shape index (κ3) is 6.13. The second-order valence-corrected chi connectivity index (χ2v) is 13.5. The van der Waals surface area contributed by atoms with Crippen LogP contribution in [0.4, 0.5) is 11.4 Å². The molecule has 1 aromatic heterocycles. The number of aromatic nitrogens is 1. The van der Waals surface area contributed by atoms with Gasteiger partial charge in [-0.25, -0.2) is 4.79 Å². The lowest BCUT2D eigenvalue weighted by atomic mass is 9.89. The number of aromatic amines is 1. The Labute approximate surface area is 302 Å². The van der Waals surface area contributed by atoms with Gasteiger partial charge in [0.1, 0.15) is 5.69 Å². The first-order valence-electron chi connectivity index (χ1n) is 16.4. The van der Waals surface area contributed by atoms with E-state index >= 15 is 0 Å². The second-order valence-electron chi connectivity index (χ2n) is 12.8. The lowest BCUT2D eigenvalue weighted by Gasteiger charge is -2.32. The van der Waals surface area contributed by atoms with Crippen LogP contribution in [0.15, 0.2) is 18.2 Å². The van der Waals surface area contributed by atoms with Crippen molar-refractivity contribution in [3.8, 4) is 23.0 Å². The first-order valence-corrected chi connectivity index (χ1v) is 17.5. The van der Waals surface area contributed by atoms with Crippen molar-refractivity contribution in [1.29, 1.82) is 0 Å². The highest BCUT2D eigenvalue weighted by Gasteiger charge is 2.53. The maximum atomic E-state index is 14.3. The number of carbonyl (C=O) groups excluding carboxylic acids is 5. The molecule has 272 valence electrons. The molecule has 0 bridgehead atoms. The molecule has 15 nitrogen and oxygen atoms in total. The summed E-state index contributed by atoms with van der Waals surface area (Å²) in [4.78, 5) is 76.1. The van der Waals surface area contributed by atoms with Crippen LogP contribution in [-0.4, -0.2) is 123 Å². The van der Waals surface area contributed by atoms with E-state index in [1.165, 1.54) is 46.3 Å². The van der Waals surface area contributed by atoms with Crippen LogP contribution >= 0.6 is 15.9 Å². The summed E-state index contributed by atoms with van der Waals surface area (Å²) in [6.45, 7) is 4.21. The number of benzene rings is 2. The molecule has 0 radical (unpaired) electrons. The molecule has 1 saturated heterocycles. The molecular weight excluding hydrogens is 730 g/mol. The van der Waals surface area contributed by atoms with Gasteiger partial charge >= 0.3 is 11.9 Å². The Hall–Kier alpha value is -4.83. The van der Waals surface area contributed by atoms with Gasteiger partial charge in [-0.1, -0.05) is 15.9 Å². The summed E-state index contributed by atoms with van der Waals surface area (Å²) < 4.78 is 27.4. The number of hydrogen-bond acceptors (Lipinski definition) is 12. The van der Waals surface area contributed by atoms with Crippen molar-refractivity contribution in [2.75, 3.05) is 83.8 Å². The number of ketones is 1. The lowest BCUT2D eigenvalue weighted by molar-refractivity contribution is -0.143. The number of esters is 2. The zero-order valence-electron chi connectivity index (χ0n) is 29.3. The summed E-state index contributed by atoms with van der Waals surface area (Å²) in [6, 6.07) is 4.91. The highest BCUT2D eigenvalue weighted by atomic mass is 79.9. The van der Waals surface area contributed by atoms with Gasteiger partial charge in [-0.15, -0.1) is 0 Å². The number of likely N-dealkylation sites (N-methyl/N-ethyl adjacent to an activating group) is 1. The van der Waals surface area contributed by atoms with Gasteiger partial charge in [-0.2, -0.15) is 0 Å². The maximum Gasteiger partial charge on any atom is 0.339 e. The minimum absolute atomic E-state index is 0.0532. The number of H-pyrrole nitrogens is 1. The molecule has 0 spiro atoms. The number of halogens is 1. The highest BCUT2D eigenvalue weighted by Crippen LogP contribution is 2.52.